The summed E-state index contributed by atoms with van der Waals surface area (Å²) in [5.41, 5.74) is 1.52. The summed E-state index contributed by atoms with van der Waals surface area (Å²) >= 11 is 5.16. The number of esters is 2. The number of aliphatic hydroxyl groups excluding tert-OH is 6. The molecule has 5 rings (SSSR count). The number of halogens is 1. The molecule has 338 valence electrons. The minimum absolute atomic E-state index is 0. The molecule has 0 radical (unpaired) electrons. The molecule has 0 amide bonds. The lowest BCUT2D eigenvalue weighted by Gasteiger charge is -2.16. The number of carbonyl (C=O) groups is 4. The van der Waals surface area contributed by atoms with Crippen LogP contribution in [0.5, 0.6) is 0 Å². The summed E-state index contributed by atoms with van der Waals surface area (Å²) < 4.78 is 31.2. The molecule has 2 aliphatic rings. The lowest BCUT2D eigenvalue weighted by Crippen LogP contribution is -2.25. The molecule has 0 aliphatic carbocycles. The largest absolute Gasteiger partial charge is 0.459 e. The molecule has 16 nitrogen and oxygen atoms in total. The molecule has 17 heteroatoms. The minimum atomic E-state index is -1.01. The molecule has 3 unspecified atom stereocenters. The first-order valence-electron chi connectivity index (χ1n) is 18.4. The number of Topliss-reactive ketones (excluding diaryl/α,β-unsaturated/α-hetero) is 1. The molecule has 0 aromatic heterocycles. The first-order chi connectivity index (χ1) is 27.8. The Bertz CT molecular complexity index is 1570. The van der Waals surface area contributed by atoms with Gasteiger partial charge in [-0.1, -0.05) is 74.2 Å². The van der Waals surface area contributed by atoms with Crippen molar-refractivity contribution in [2.75, 3.05) is 52.9 Å². The molecule has 60 heavy (non-hydrogen) atoms. The molecule has 3 atom stereocenters. The standard InChI is InChI=1S/C13H16O4.C10H12O4.C7H5ClO.C6H12O3.C3H8O3.C3H6O.CH4/c1-13(2)16-9-11(17-13)8-15-12(14)10-6-4-3-5-7-10;11-6-9(12)7-14-10(13)8-4-2-1-3-5-8;8-7(9)6-4-2-1-3-5-6;1-6(2)8-4-5(3-7)9-6;4-1-3(6)2-5;1-3(2)4;/h3-7,11H,8-9H2,1-2H3;1-5,9,11-12H,6-7H2;1-5H;5,7H,3-4H2,1-2H3;3-6H,1-2H2;1-2H3;1H4. The number of hydrogen-bond acceptors (Lipinski definition) is 16. The van der Waals surface area contributed by atoms with E-state index in [0.717, 1.165) is 0 Å². The van der Waals surface area contributed by atoms with Crippen LogP contribution in [0, 0.1) is 0 Å². The number of aliphatic hydroxyl groups is 6. The molecule has 3 aromatic rings. The number of hydrogen-bond donors (Lipinski definition) is 6. The third kappa shape index (κ3) is 29.1. The van der Waals surface area contributed by atoms with E-state index in [2.05, 4.69) is 0 Å². The Hall–Kier alpha value is -4.17. The van der Waals surface area contributed by atoms with Crippen LogP contribution in [-0.2, 0) is 33.2 Å². The molecule has 3 aromatic carbocycles. The second-order valence-electron chi connectivity index (χ2n) is 13.4. The van der Waals surface area contributed by atoms with Crippen molar-refractivity contribution in [2.45, 2.75) is 85.0 Å². The van der Waals surface area contributed by atoms with Crippen molar-refractivity contribution in [3.05, 3.63) is 108 Å². The predicted molar refractivity (Wildman–Crippen MR) is 223 cm³/mol. The Morgan fingerprint density at radius 2 is 0.983 bits per heavy atom. The van der Waals surface area contributed by atoms with Crippen molar-refractivity contribution in [1.82, 2.24) is 0 Å². The number of rotatable bonds is 11. The third-order valence-corrected chi connectivity index (χ3v) is 7.02. The molecule has 6 N–H and O–H groups in total. The minimum Gasteiger partial charge on any atom is -0.459 e. The van der Waals surface area contributed by atoms with Gasteiger partial charge < -0.3 is 63.9 Å². The molecule has 2 aliphatic heterocycles. The van der Waals surface area contributed by atoms with Gasteiger partial charge in [0, 0.05) is 5.56 Å². The Kier molecular flexibility index (Phi) is 31.5. The first-order valence-corrected chi connectivity index (χ1v) is 18.8. The van der Waals surface area contributed by atoms with Crippen LogP contribution in [0.1, 0.15) is 80.0 Å². The van der Waals surface area contributed by atoms with E-state index in [1.807, 2.05) is 39.8 Å². The van der Waals surface area contributed by atoms with Crippen molar-refractivity contribution in [3.8, 4) is 0 Å². The van der Waals surface area contributed by atoms with Crippen LogP contribution in [0.3, 0.4) is 0 Å². The maximum absolute atomic E-state index is 11.6. The van der Waals surface area contributed by atoms with E-state index in [9.17, 15) is 19.2 Å². The molecule has 0 saturated carbocycles. The van der Waals surface area contributed by atoms with Gasteiger partial charge in [-0.25, -0.2) is 9.59 Å². The number of ketones is 1. The van der Waals surface area contributed by atoms with Gasteiger partial charge >= 0.3 is 11.9 Å². The smallest absolute Gasteiger partial charge is 0.338 e. The van der Waals surface area contributed by atoms with Crippen molar-refractivity contribution in [3.63, 3.8) is 0 Å². The summed E-state index contributed by atoms with van der Waals surface area (Å²) in [5.74, 6) is -1.74. The van der Waals surface area contributed by atoms with Crippen LogP contribution in [0.15, 0.2) is 91.0 Å². The van der Waals surface area contributed by atoms with Crippen molar-refractivity contribution >= 4 is 34.6 Å². The summed E-state index contributed by atoms with van der Waals surface area (Å²) in [4.78, 5) is 42.7. The third-order valence-electron chi connectivity index (χ3n) is 6.80. The topological polar surface area (TPSA) is 245 Å². The molecular weight excluding hydrogens is 808 g/mol. The summed E-state index contributed by atoms with van der Waals surface area (Å²) in [6.07, 6.45) is -2.27. The highest BCUT2D eigenvalue weighted by Crippen LogP contribution is 2.23. The van der Waals surface area contributed by atoms with Gasteiger partial charge in [0.25, 0.3) is 5.24 Å². The van der Waals surface area contributed by atoms with Crippen LogP contribution in [-0.4, -0.2) is 142 Å². The zero-order chi connectivity index (χ0) is 44.9. The van der Waals surface area contributed by atoms with E-state index in [0.29, 0.717) is 29.9 Å². The zero-order valence-electron chi connectivity index (χ0n) is 34.3. The van der Waals surface area contributed by atoms with Gasteiger partial charge in [-0.3, -0.25) is 4.79 Å². The van der Waals surface area contributed by atoms with Crippen LogP contribution in [0.25, 0.3) is 0 Å². The first kappa shape index (κ1) is 57.9. The lowest BCUT2D eigenvalue weighted by molar-refractivity contribution is -0.143. The Morgan fingerprint density at radius 3 is 1.25 bits per heavy atom. The van der Waals surface area contributed by atoms with E-state index in [4.69, 9.17) is 70.7 Å². The second-order valence-corrected chi connectivity index (χ2v) is 13.8. The van der Waals surface area contributed by atoms with E-state index in [1.54, 1.807) is 78.9 Å². The molecule has 2 saturated heterocycles. The van der Waals surface area contributed by atoms with Gasteiger partial charge in [0.1, 0.15) is 43.4 Å². The summed E-state index contributed by atoms with van der Waals surface area (Å²) in [6.45, 7) is 10.3. The second kappa shape index (κ2) is 32.6. The average molecular weight is 871 g/mol. The normalized spacial score (nSPS) is 16.9. The Balaban J connectivity index is 0. The highest BCUT2D eigenvalue weighted by atomic mass is 35.5. The Morgan fingerprint density at radius 1 is 0.633 bits per heavy atom. The highest BCUT2D eigenvalue weighted by Gasteiger charge is 2.33. The maximum Gasteiger partial charge on any atom is 0.338 e. The summed E-state index contributed by atoms with van der Waals surface area (Å²) in [6, 6.07) is 26.1. The number of benzene rings is 3. The number of carbonyl (C=O) groups excluding carboxylic acids is 4. The zero-order valence-corrected chi connectivity index (χ0v) is 35.0. The van der Waals surface area contributed by atoms with Crippen LogP contribution in [0.2, 0.25) is 0 Å². The van der Waals surface area contributed by atoms with E-state index in [1.165, 1.54) is 13.8 Å². The van der Waals surface area contributed by atoms with Crippen LogP contribution < -0.4 is 0 Å². The molecule has 0 spiro atoms. The van der Waals surface area contributed by atoms with Gasteiger partial charge in [0.15, 0.2) is 11.6 Å². The lowest BCUT2D eigenvalue weighted by atomic mass is 10.2. The average Bonchev–Trinajstić information content (AvgIpc) is 3.78. The fourth-order valence-corrected chi connectivity index (χ4v) is 4.16. The van der Waals surface area contributed by atoms with Crippen molar-refractivity contribution in [1.29, 1.82) is 0 Å². The Labute approximate surface area is 357 Å². The fraction of sp³-hybridized carbons (Fsp3) is 0.488. The highest BCUT2D eigenvalue weighted by molar-refractivity contribution is 6.67. The van der Waals surface area contributed by atoms with Crippen molar-refractivity contribution in [2.24, 2.45) is 0 Å². The van der Waals surface area contributed by atoms with Gasteiger partial charge in [-0.15, -0.1) is 0 Å². The SMILES string of the molecule is C.CC(C)=O.CC1(C)OCC(CO)O1.CC1(C)OCC(COC(=O)c2ccccc2)O1.O=C(Cl)c1ccccc1.O=C(OCC(O)CO)c1ccccc1.OCC(O)CO. The summed E-state index contributed by atoms with van der Waals surface area (Å²) in [7, 11) is 0. The predicted octanol–water partition coefficient (Wildman–Crippen LogP) is 3.95. The monoisotopic (exact) mass is 870 g/mol. The van der Waals surface area contributed by atoms with E-state index < -0.39 is 41.6 Å². The van der Waals surface area contributed by atoms with Crippen LogP contribution >= 0.6 is 11.6 Å². The number of ether oxygens (including phenoxy) is 6. The van der Waals surface area contributed by atoms with Gasteiger partial charge in [-0.2, -0.15) is 0 Å². The van der Waals surface area contributed by atoms with Gasteiger partial charge in [-0.05, 0) is 77.4 Å². The fourth-order valence-electron chi connectivity index (χ4n) is 4.03. The summed E-state index contributed by atoms with van der Waals surface area (Å²) in [5, 5.41) is 49.6. The molecule has 2 heterocycles. The van der Waals surface area contributed by atoms with E-state index in [-0.39, 0.29) is 64.4 Å². The quantitative estimate of drug-likeness (QED) is 0.118. The van der Waals surface area contributed by atoms with Crippen molar-refractivity contribution < 1.29 is 78.2 Å². The molecular formula is C43H63ClO16. The maximum atomic E-state index is 11.6. The van der Waals surface area contributed by atoms with Crippen LogP contribution in [0.4, 0.5) is 0 Å². The molecule has 0 bridgehead atoms. The van der Waals surface area contributed by atoms with Gasteiger partial charge in [0.05, 0.1) is 50.8 Å². The molecule has 2 fully saturated rings. The van der Waals surface area contributed by atoms with Gasteiger partial charge in [0.2, 0.25) is 0 Å². The van der Waals surface area contributed by atoms with E-state index >= 15 is 0 Å².